The van der Waals surface area contributed by atoms with E-state index in [0.29, 0.717) is 5.92 Å². The van der Waals surface area contributed by atoms with Gasteiger partial charge in [0.1, 0.15) is 0 Å². The summed E-state index contributed by atoms with van der Waals surface area (Å²) in [5.74, 6) is 0.516. The molecule has 2 N–H and O–H groups in total. The summed E-state index contributed by atoms with van der Waals surface area (Å²) in [6.07, 6.45) is 0.982. The number of benzene rings is 1. The molecule has 0 heterocycles. The van der Waals surface area contributed by atoms with Crippen molar-refractivity contribution in [3.8, 4) is 0 Å². The monoisotopic (exact) mass is 288 g/mol. The third kappa shape index (κ3) is 4.77. The average Bonchev–Trinajstić information content (AvgIpc) is 2.30. The van der Waals surface area contributed by atoms with Crippen LogP contribution in [0.4, 0.5) is 0 Å². The zero-order valence-corrected chi connectivity index (χ0v) is 12.8. The van der Waals surface area contributed by atoms with Crippen molar-refractivity contribution < 1.29 is 0 Å². The van der Waals surface area contributed by atoms with Crippen LogP contribution in [0.3, 0.4) is 0 Å². The predicted molar refractivity (Wildman–Crippen MR) is 80.2 cm³/mol. The molecule has 2 nitrogen and oxygen atoms in total. The average molecular weight is 289 g/mol. The van der Waals surface area contributed by atoms with Crippen molar-refractivity contribution >= 4 is 23.2 Å². The lowest BCUT2D eigenvalue weighted by Gasteiger charge is -2.22. The molecule has 0 aromatic heterocycles. The van der Waals surface area contributed by atoms with Gasteiger partial charge in [-0.15, -0.1) is 0 Å². The number of halogens is 2. The van der Waals surface area contributed by atoms with Crippen LogP contribution in [0.15, 0.2) is 18.2 Å². The minimum Gasteiger partial charge on any atom is -0.327 e. The lowest BCUT2D eigenvalue weighted by atomic mass is 10.0. The van der Waals surface area contributed by atoms with Crippen LogP contribution in [-0.4, -0.2) is 24.5 Å². The highest BCUT2D eigenvalue weighted by Gasteiger charge is 2.11. The van der Waals surface area contributed by atoms with Crippen LogP contribution in [0.5, 0.6) is 0 Å². The van der Waals surface area contributed by atoms with Gasteiger partial charge in [0.25, 0.3) is 0 Å². The summed E-state index contributed by atoms with van der Waals surface area (Å²) in [6, 6.07) is 5.85. The van der Waals surface area contributed by atoms with Crippen LogP contribution >= 0.6 is 23.2 Å². The Kier molecular flexibility index (Phi) is 6.44. The van der Waals surface area contributed by atoms with Crippen LogP contribution in [0.25, 0.3) is 0 Å². The van der Waals surface area contributed by atoms with Crippen LogP contribution in [0, 0.1) is 5.92 Å². The molecule has 0 amide bonds. The maximum absolute atomic E-state index is 6.15. The molecule has 102 valence electrons. The van der Waals surface area contributed by atoms with Crippen molar-refractivity contribution in [2.45, 2.75) is 32.9 Å². The van der Waals surface area contributed by atoms with E-state index in [1.807, 2.05) is 18.2 Å². The molecule has 0 aliphatic carbocycles. The normalized spacial score (nSPS) is 13.3. The van der Waals surface area contributed by atoms with E-state index < -0.39 is 0 Å². The number of nitrogens with zero attached hydrogens (tertiary/aromatic N) is 1. The summed E-state index contributed by atoms with van der Waals surface area (Å²) in [7, 11) is 2.06. The molecule has 0 fully saturated rings. The van der Waals surface area contributed by atoms with Gasteiger partial charge < -0.3 is 10.6 Å². The molecule has 1 rings (SSSR count). The SMILES string of the molecule is CC(C)C(N)CCN(C)Cc1c(Cl)cccc1Cl. The van der Waals surface area contributed by atoms with E-state index >= 15 is 0 Å². The first kappa shape index (κ1) is 15.8. The summed E-state index contributed by atoms with van der Waals surface area (Å²) in [5.41, 5.74) is 7.03. The maximum Gasteiger partial charge on any atom is 0.0465 e. The van der Waals surface area contributed by atoms with Gasteiger partial charge in [-0.05, 0) is 38.1 Å². The molecule has 4 heteroatoms. The molecule has 0 saturated heterocycles. The molecular formula is C14H22Cl2N2. The first-order valence-electron chi connectivity index (χ1n) is 6.28. The van der Waals surface area contributed by atoms with Crippen molar-refractivity contribution in [3.63, 3.8) is 0 Å². The van der Waals surface area contributed by atoms with E-state index in [9.17, 15) is 0 Å². The number of nitrogens with two attached hydrogens (primary N) is 1. The second kappa shape index (κ2) is 7.34. The molecule has 0 bridgehead atoms. The Morgan fingerprint density at radius 2 is 1.78 bits per heavy atom. The van der Waals surface area contributed by atoms with Crippen LogP contribution in [0.2, 0.25) is 10.0 Å². The highest BCUT2D eigenvalue weighted by Crippen LogP contribution is 2.25. The van der Waals surface area contributed by atoms with Gasteiger partial charge in [-0.1, -0.05) is 43.1 Å². The van der Waals surface area contributed by atoms with Crippen molar-refractivity contribution in [1.29, 1.82) is 0 Å². The van der Waals surface area contributed by atoms with E-state index in [1.54, 1.807) is 0 Å². The summed E-state index contributed by atoms with van der Waals surface area (Å²) < 4.78 is 0. The third-order valence-corrected chi connectivity index (χ3v) is 3.90. The van der Waals surface area contributed by atoms with E-state index in [4.69, 9.17) is 28.9 Å². The molecule has 0 saturated carbocycles. The van der Waals surface area contributed by atoms with Gasteiger partial charge in [0.05, 0.1) is 0 Å². The standard InChI is InChI=1S/C14H22Cl2N2/c1-10(2)14(17)7-8-18(3)9-11-12(15)5-4-6-13(11)16/h4-6,10,14H,7-9,17H2,1-3H3. The second-order valence-electron chi connectivity index (χ2n) is 5.13. The molecule has 0 aliphatic heterocycles. The fourth-order valence-electron chi connectivity index (χ4n) is 1.74. The molecule has 1 atom stereocenters. The van der Waals surface area contributed by atoms with Crippen molar-refractivity contribution in [2.24, 2.45) is 11.7 Å². The lowest BCUT2D eigenvalue weighted by molar-refractivity contribution is 0.296. The van der Waals surface area contributed by atoms with Crippen molar-refractivity contribution in [2.75, 3.05) is 13.6 Å². The largest absolute Gasteiger partial charge is 0.327 e. The van der Waals surface area contributed by atoms with Gasteiger partial charge in [0.2, 0.25) is 0 Å². The highest BCUT2D eigenvalue weighted by atomic mass is 35.5. The minimum atomic E-state index is 0.245. The van der Waals surface area contributed by atoms with Crippen molar-refractivity contribution in [1.82, 2.24) is 4.90 Å². The van der Waals surface area contributed by atoms with Gasteiger partial charge in [0, 0.05) is 28.2 Å². The summed E-state index contributed by atoms with van der Waals surface area (Å²) in [6.45, 7) is 6.00. The molecule has 1 unspecified atom stereocenters. The molecule has 1 aromatic carbocycles. The Hall–Kier alpha value is -0.280. The smallest absolute Gasteiger partial charge is 0.0465 e. The predicted octanol–water partition coefficient (Wildman–Crippen LogP) is 3.80. The van der Waals surface area contributed by atoms with Crippen LogP contribution in [-0.2, 0) is 6.54 Å². The topological polar surface area (TPSA) is 29.3 Å². The van der Waals surface area contributed by atoms with Gasteiger partial charge in [-0.3, -0.25) is 0 Å². The molecule has 0 aliphatic rings. The zero-order chi connectivity index (χ0) is 13.7. The van der Waals surface area contributed by atoms with Gasteiger partial charge in [-0.2, -0.15) is 0 Å². The maximum atomic E-state index is 6.15. The Morgan fingerprint density at radius 1 is 1.22 bits per heavy atom. The fourth-order valence-corrected chi connectivity index (χ4v) is 2.25. The second-order valence-corrected chi connectivity index (χ2v) is 5.95. The zero-order valence-electron chi connectivity index (χ0n) is 11.3. The Morgan fingerprint density at radius 3 is 2.28 bits per heavy atom. The molecule has 18 heavy (non-hydrogen) atoms. The number of hydrogen-bond acceptors (Lipinski definition) is 2. The molecule has 0 radical (unpaired) electrons. The molecule has 1 aromatic rings. The summed E-state index contributed by atoms with van der Waals surface area (Å²) >= 11 is 12.3. The first-order chi connectivity index (χ1) is 8.41. The van der Waals surface area contributed by atoms with E-state index in [1.165, 1.54) is 0 Å². The molecular weight excluding hydrogens is 267 g/mol. The van der Waals surface area contributed by atoms with Crippen LogP contribution < -0.4 is 5.73 Å². The Labute approximate surface area is 120 Å². The third-order valence-electron chi connectivity index (χ3n) is 3.19. The van der Waals surface area contributed by atoms with E-state index in [2.05, 4.69) is 25.8 Å². The summed E-state index contributed by atoms with van der Waals surface area (Å²) in [4.78, 5) is 2.20. The highest BCUT2D eigenvalue weighted by molar-refractivity contribution is 6.35. The van der Waals surface area contributed by atoms with E-state index in [0.717, 1.165) is 35.1 Å². The first-order valence-corrected chi connectivity index (χ1v) is 7.04. The molecule has 0 spiro atoms. The lowest BCUT2D eigenvalue weighted by Crippen LogP contribution is -2.31. The fraction of sp³-hybridized carbons (Fsp3) is 0.571. The van der Waals surface area contributed by atoms with Crippen LogP contribution in [0.1, 0.15) is 25.8 Å². The summed E-state index contributed by atoms with van der Waals surface area (Å²) in [5, 5.41) is 1.45. The van der Waals surface area contributed by atoms with Gasteiger partial charge >= 0.3 is 0 Å². The number of hydrogen-bond donors (Lipinski definition) is 1. The quantitative estimate of drug-likeness (QED) is 0.863. The Balaban J connectivity index is 2.52. The number of rotatable bonds is 6. The van der Waals surface area contributed by atoms with Gasteiger partial charge in [0.15, 0.2) is 0 Å². The van der Waals surface area contributed by atoms with E-state index in [-0.39, 0.29) is 6.04 Å². The van der Waals surface area contributed by atoms with Crippen molar-refractivity contribution in [3.05, 3.63) is 33.8 Å². The minimum absolute atomic E-state index is 0.245. The Bertz CT molecular complexity index is 360. The van der Waals surface area contributed by atoms with Gasteiger partial charge in [-0.25, -0.2) is 0 Å².